The average molecular weight is 639 g/mol. The number of rotatable bonds is 8. The Kier molecular flexibility index (Phi) is 9.20. The Morgan fingerprint density at radius 1 is 1.09 bits per heavy atom. The summed E-state index contributed by atoms with van der Waals surface area (Å²) in [6.45, 7) is 4.03. The van der Waals surface area contributed by atoms with Gasteiger partial charge in [-0.2, -0.15) is 23.4 Å². The van der Waals surface area contributed by atoms with Crippen LogP contribution in [0.4, 0.5) is 30.5 Å². The Balaban J connectivity index is 1.11. The molecule has 1 amide bonds. The number of ether oxygens (including phenoxy) is 2. The first-order valence-corrected chi connectivity index (χ1v) is 15.0. The molecule has 242 valence electrons. The first-order chi connectivity index (χ1) is 22.2. The van der Waals surface area contributed by atoms with Crippen molar-refractivity contribution in [1.82, 2.24) is 24.8 Å². The monoisotopic (exact) mass is 638 g/mol. The van der Waals surface area contributed by atoms with Crippen LogP contribution in [-0.4, -0.2) is 113 Å². The molecule has 2 unspecified atom stereocenters. The lowest BCUT2D eigenvalue weighted by molar-refractivity contribution is -0.210. The molecule has 3 aliphatic heterocycles. The highest BCUT2D eigenvalue weighted by atomic mass is 19.4. The van der Waals surface area contributed by atoms with Crippen LogP contribution in [0.2, 0.25) is 0 Å². The van der Waals surface area contributed by atoms with Crippen LogP contribution in [0.3, 0.4) is 0 Å². The zero-order valence-corrected chi connectivity index (χ0v) is 24.9. The number of piperidine rings is 1. The lowest BCUT2D eigenvalue weighted by Gasteiger charge is -2.43. The summed E-state index contributed by atoms with van der Waals surface area (Å²) in [4.78, 5) is 30.5. The van der Waals surface area contributed by atoms with Crippen LogP contribution in [0.1, 0.15) is 12.0 Å². The Labute approximate surface area is 263 Å². The smallest absolute Gasteiger partial charge is 0.397 e. The molecule has 3 fully saturated rings. The lowest BCUT2D eigenvalue weighted by atomic mass is 9.93. The second-order valence-corrected chi connectivity index (χ2v) is 11.4. The molecule has 0 spiro atoms. The number of carbonyl (C=O) groups excluding carboxylic acids is 1. The number of hydrogen-bond acceptors (Lipinski definition) is 11. The third kappa shape index (κ3) is 6.99. The predicted molar refractivity (Wildman–Crippen MR) is 160 cm³/mol. The van der Waals surface area contributed by atoms with Crippen LogP contribution in [0, 0.1) is 17.2 Å². The fourth-order valence-corrected chi connectivity index (χ4v) is 5.89. The largest absolute Gasteiger partial charge is 0.488 e. The zero-order chi connectivity index (χ0) is 32.3. The van der Waals surface area contributed by atoms with Gasteiger partial charge in [0.2, 0.25) is 11.9 Å². The fraction of sp³-hybridized carbons (Fsp3) is 0.452. The molecule has 0 saturated carbocycles. The van der Waals surface area contributed by atoms with Crippen LogP contribution in [0.5, 0.6) is 5.75 Å². The summed E-state index contributed by atoms with van der Waals surface area (Å²) in [5.74, 6) is -2.23. The molecule has 46 heavy (non-hydrogen) atoms. The van der Waals surface area contributed by atoms with Gasteiger partial charge in [0.15, 0.2) is 5.82 Å². The number of nitrogens with zero attached hydrogens (tertiary/aromatic N) is 7. The first kappa shape index (κ1) is 31.5. The third-order valence-electron chi connectivity index (χ3n) is 8.61. The first-order valence-electron chi connectivity index (χ1n) is 15.0. The van der Waals surface area contributed by atoms with E-state index < -0.39 is 37.3 Å². The molecule has 12 nitrogen and oxygen atoms in total. The van der Waals surface area contributed by atoms with E-state index >= 15 is 0 Å². The number of hydrogen-bond donors (Lipinski definition) is 2. The van der Waals surface area contributed by atoms with E-state index in [-0.39, 0.29) is 36.1 Å². The molecular weight excluding hydrogens is 605 g/mol. The van der Waals surface area contributed by atoms with Gasteiger partial charge in [-0.15, -0.1) is 0 Å². The molecule has 15 heteroatoms. The van der Waals surface area contributed by atoms with Crippen molar-refractivity contribution in [3.05, 3.63) is 54.4 Å². The summed E-state index contributed by atoms with van der Waals surface area (Å²) >= 11 is 0. The quantitative estimate of drug-likeness (QED) is 0.377. The fourth-order valence-electron chi connectivity index (χ4n) is 5.89. The van der Waals surface area contributed by atoms with E-state index in [1.165, 1.54) is 18.5 Å². The van der Waals surface area contributed by atoms with Gasteiger partial charge >= 0.3 is 6.18 Å². The van der Waals surface area contributed by atoms with Crippen LogP contribution in [-0.2, 0) is 9.53 Å². The molecule has 0 bridgehead atoms. The Bertz CT molecular complexity index is 1570. The molecular formula is C31H33F3N8O4. The normalized spacial score (nSPS) is 20.9. The molecule has 0 aliphatic carbocycles. The number of aliphatic hydroxyl groups excluding tert-OH is 1. The summed E-state index contributed by atoms with van der Waals surface area (Å²) in [6.07, 6.45) is -4.75. The topological polar surface area (TPSA) is 140 Å². The Morgan fingerprint density at radius 2 is 1.85 bits per heavy atom. The van der Waals surface area contributed by atoms with Gasteiger partial charge in [-0.3, -0.25) is 9.69 Å². The van der Waals surface area contributed by atoms with Crippen molar-refractivity contribution in [3.8, 4) is 23.2 Å². The maximum atomic E-state index is 13.9. The van der Waals surface area contributed by atoms with Gasteiger partial charge in [-0.1, -0.05) is 0 Å². The average Bonchev–Trinajstić information content (AvgIpc) is 3.04. The summed E-state index contributed by atoms with van der Waals surface area (Å²) in [6, 6.07) is 14.9. The van der Waals surface area contributed by atoms with Gasteiger partial charge in [0.05, 0.1) is 24.8 Å². The van der Waals surface area contributed by atoms with Crippen molar-refractivity contribution in [2.45, 2.75) is 24.7 Å². The van der Waals surface area contributed by atoms with E-state index in [0.717, 1.165) is 55.7 Å². The predicted octanol–water partition coefficient (Wildman–Crippen LogP) is 2.83. The van der Waals surface area contributed by atoms with Crippen LogP contribution < -0.4 is 15.0 Å². The van der Waals surface area contributed by atoms with Gasteiger partial charge in [-0.05, 0) is 42.5 Å². The van der Waals surface area contributed by atoms with E-state index in [9.17, 15) is 23.2 Å². The van der Waals surface area contributed by atoms with E-state index in [1.807, 2.05) is 30.3 Å². The molecule has 2 N–H and O–H groups in total. The molecule has 1 aromatic heterocycles. The third-order valence-corrected chi connectivity index (χ3v) is 8.61. The van der Waals surface area contributed by atoms with Crippen molar-refractivity contribution >= 4 is 23.2 Å². The minimum Gasteiger partial charge on any atom is -0.488 e. The van der Waals surface area contributed by atoms with E-state index in [4.69, 9.17) is 14.6 Å². The molecule has 2 atom stereocenters. The molecule has 0 radical (unpaired) electrons. The van der Waals surface area contributed by atoms with Crippen molar-refractivity contribution in [1.29, 1.82) is 5.26 Å². The minimum atomic E-state index is -4.65. The highest BCUT2D eigenvalue weighted by Gasteiger charge is 2.49. The maximum Gasteiger partial charge on any atom is 0.397 e. The Hall–Kier alpha value is -4.52. The van der Waals surface area contributed by atoms with Gasteiger partial charge < -0.3 is 29.7 Å². The molecule has 3 aromatic rings. The van der Waals surface area contributed by atoms with Crippen molar-refractivity contribution in [2.24, 2.45) is 5.92 Å². The number of benzene rings is 2. The summed E-state index contributed by atoms with van der Waals surface area (Å²) in [5.41, 5.74) is 2.37. The highest BCUT2D eigenvalue weighted by molar-refractivity contribution is 5.77. The highest BCUT2D eigenvalue weighted by Crippen LogP contribution is 2.37. The number of likely N-dealkylation sites (tertiary alicyclic amines) is 1. The number of aliphatic hydroxyl groups is 1. The number of nitriles is 1. The van der Waals surface area contributed by atoms with Gasteiger partial charge in [0.25, 0.3) is 0 Å². The molecule has 2 aromatic carbocycles. The van der Waals surface area contributed by atoms with E-state index in [2.05, 4.69) is 30.1 Å². The van der Waals surface area contributed by atoms with E-state index in [0.29, 0.717) is 11.6 Å². The number of alkyl halides is 3. The van der Waals surface area contributed by atoms with Crippen LogP contribution >= 0.6 is 0 Å². The summed E-state index contributed by atoms with van der Waals surface area (Å²) in [7, 11) is 0. The number of aromatic nitrogens is 3. The maximum absolute atomic E-state index is 13.9. The second kappa shape index (κ2) is 13.5. The molecule has 3 aliphatic rings. The summed E-state index contributed by atoms with van der Waals surface area (Å²) < 4.78 is 52.7. The molecule has 3 saturated heterocycles. The molecule has 4 heterocycles. The second-order valence-electron chi connectivity index (χ2n) is 11.4. The van der Waals surface area contributed by atoms with Crippen LogP contribution in [0.15, 0.2) is 48.8 Å². The standard InChI is InChI=1S/C31H33F3N8O4/c32-31(33,34)25-15-42(28(44)16-43)8-7-27(25)46-26-6-1-20(13-21(26)14-35)29-36-19-37-30(39-29)38-22-2-4-23(5-3-22)40-9-11-41(12-10-40)24-17-45-18-24/h1-6,13,19,24-25,27,43H,7-12,15-18H2,(H,36,37,38,39). The van der Waals surface area contributed by atoms with Crippen molar-refractivity contribution < 1.29 is 32.5 Å². The number of carbonyl (C=O) groups is 1. The zero-order valence-electron chi connectivity index (χ0n) is 24.9. The number of anilines is 3. The number of halogens is 3. The summed E-state index contributed by atoms with van der Waals surface area (Å²) in [5, 5.41) is 22.0. The molecule has 6 rings (SSSR count). The van der Waals surface area contributed by atoms with E-state index in [1.54, 1.807) is 6.07 Å². The van der Waals surface area contributed by atoms with Gasteiger partial charge in [0, 0.05) is 62.6 Å². The minimum absolute atomic E-state index is 0.00641. The number of amides is 1. The SMILES string of the molecule is N#Cc1cc(-c2ncnc(Nc3ccc(N4CCN(C5COC5)CC4)cc3)n2)ccc1OC1CCN(C(=O)CO)CC1C(F)(F)F. The van der Waals surface area contributed by atoms with Crippen molar-refractivity contribution in [2.75, 3.05) is 69.3 Å². The van der Waals surface area contributed by atoms with Crippen LogP contribution in [0.25, 0.3) is 11.4 Å². The number of nitrogens with one attached hydrogen (secondary N) is 1. The number of piperazine rings is 1. The Morgan fingerprint density at radius 3 is 2.50 bits per heavy atom. The van der Waals surface area contributed by atoms with Crippen molar-refractivity contribution in [3.63, 3.8) is 0 Å². The van der Waals surface area contributed by atoms with Gasteiger partial charge in [-0.25, -0.2) is 9.97 Å². The van der Waals surface area contributed by atoms with Gasteiger partial charge in [0.1, 0.15) is 36.8 Å². The lowest BCUT2D eigenvalue weighted by Crippen LogP contribution is -2.56.